The topological polar surface area (TPSA) is 81.4 Å². The van der Waals surface area contributed by atoms with Crippen LogP contribution in [-0.2, 0) is 11.2 Å². The average molecular weight is 340 g/mol. The van der Waals surface area contributed by atoms with Crippen LogP contribution in [0.15, 0.2) is 42.5 Å². The fourth-order valence-corrected chi connectivity index (χ4v) is 2.45. The molecule has 2 aromatic rings. The molecule has 2 rings (SSSR count). The first-order valence-electron chi connectivity index (χ1n) is 8.52. The third-order valence-electron chi connectivity index (χ3n) is 3.82. The van der Waals surface area contributed by atoms with Gasteiger partial charge in [0.1, 0.15) is 0 Å². The number of anilines is 2. The Morgan fingerprint density at radius 3 is 2.44 bits per heavy atom. The lowest BCUT2D eigenvalue weighted by molar-refractivity contribution is 0.0527. The molecule has 0 fully saturated rings. The molecule has 0 bridgehead atoms. The Morgan fingerprint density at radius 2 is 1.80 bits per heavy atom. The van der Waals surface area contributed by atoms with Gasteiger partial charge in [-0.2, -0.15) is 0 Å². The number of amides is 1. The minimum absolute atomic E-state index is 0.260. The van der Waals surface area contributed by atoms with E-state index in [9.17, 15) is 9.59 Å². The van der Waals surface area contributed by atoms with Gasteiger partial charge in [0.2, 0.25) is 0 Å². The van der Waals surface area contributed by atoms with Crippen LogP contribution >= 0.6 is 0 Å². The number of nitrogens with two attached hydrogens (primary N) is 1. The molecule has 2 aromatic carbocycles. The minimum atomic E-state index is -0.493. The van der Waals surface area contributed by atoms with Crippen molar-refractivity contribution < 1.29 is 14.3 Å². The highest BCUT2D eigenvalue weighted by molar-refractivity contribution is 6.08. The molecule has 0 aliphatic rings. The summed E-state index contributed by atoms with van der Waals surface area (Å²) in [5.41, 5.74) is 8.59. The van der Waals surface area contributed by atoms with Crippen molar-refractivity contribution in [2.45, 2.75) is 33.1 Å². The molecule has 0 atom stereocenters. The van der Waals surface area contributed by atoms with Crippen LogP contribution in [0.3, 0.4) is 0 Å². The molecule has 0 aromatic heterocycles. The first kappa shape index (κ1) is 18.5. The van der Waals surface area contributed by atoms with Gasteiger partial charge in [-0.3, -0.25) is 4.79 Å². The maximum Gasteiger partial charge on any atom is 0.340 e. The molecule has 5 nitrogen and oxygen atoms in total. The summed E-state index contributed by atoms with van der Waals surface area (Å²) in [6.45, 7) is 4.14. The van der Waals surface area contributed by atoms with E-state index in [1.807, 2.05) is 12.1 Å². The van der Waals surface area contributed by atoms with Crippen molar-refractivity contribution in [2.24, 2.45) is 0 Å². The van der Waals surface area contributed by atoms with Crippen LogP contribution in [0.4, 0.5) is 11.4 Å². The Kier molecular flexibility index (Phi) is 6.57. The zero-order valence-corrected chi connectivity index (χ0v) is 14.7. The second kappa shape index (κ2) is 8.87. The number of esters is 1. The summed E-state index contributed by atoms with van der Waals surface area (Å²) in [5.74, 6) is -0.786. The zero-order valence-electron chi connectivity index (χ0n) is 14.7. The second-order valence-electron chi connectivity index (χ2n) is 5.78. The van der Waals surface area contributed by atoms with Crippen LogP contribution in [-0.4, -0.2) is 18.5 Å². The number of rotatable bonds is 7. The van der Waals surface area contributed by atoms with Gasteiger partial charge in [0, 0.05) is 11.3 Å². The summed E-state index contributed by atoms with van der Waals surface area (Å²) in [6, 6.07) is 12.2. The summed E-state index contributed by atoms with van der Waals surface area (Å²) in [7, 11) is 0. The van der Waals surface area contributed by atoms with Crippen LogP contribution in [0.2, 0.25) is 0 Å². The summed E-state index contributed by atoms with van der Waals surface area (Å²) < 4.78 is 5.02. The van der Waals surface area contributed by atoms with Crippen LogP contribution < -0.4 is 11.1 Å². The summed E-state index contributed by atoms with van der Waals surface area (Å²) in [4.78, 5) is 24.5. The SMILES string of the molecule is CCCCc1ccc(C(=O)Nc2cc(N)ccc2C(=O)OCC)cc1. The average Bonchev–Trinajstić information content (AvgIpc) is 2.60. The zero-order chi connectivity index (χ0) is 18.2. The van der Waals surface area contributed by atoms with Crippen molar-refractivity contribution in [3.63, 3.8) is 0 Å². The number of benzene rings is 2. The molecule has 0 saturated heterocycles. The van der Waals surface area contributed by atoms with E-state index in [1.165, 1.54) is 5.56 Å². The van der Waals surface area contributed by atoms with Gasteiger partial charge in [0.05, 0.1) is 17.9 Å². The lowest BCUT2D eigenvalue weighted by atomic mass is 10.1. The van der Waals surface area contributed by atoms with E-state index >= 15 is 0 Å². The number of aryl methyl sites for hydroxylation is 1. The van der Waals surface area contributed by atoms with Crippen LogP contribution in [0.1, 0.15) is 53.0 Å². The molecule has 0 unspecified atom stereocenters. The molecular formula is C20H24N2O3. The van der Waals surface area contributed by atoms with Crippen LogP contribution in [0, 0.1) is 0 Å². The molecule has 1 amide bonds. The molecule has 3 N–H and O–H groups in total. The quantitative estimate of drug-likeness (QED) is 0.589. The molecule has 5 heteroatoms. The Bertz CT molecular complexity index is 739. The van der Waals surface area contributed by atoms with Crippen molar-refractivity contribution in [1.29, 1.82) is 0 Å². The van der Waals surface area contributed by atoms with E-state index in [0.717, 1.165) is 19.3 Å². The maximum absolute atomic E-state index is 12.5. The van der Waals surface area contributed by atoms with E-state index in [4.69, 9.17) is 10.5 Å². The lowest BCUT2D eigenvalue weighted by Crippen LogP contribution is -2.16. The van der Waals surface area contributed by atoms with Crippen molar-refractivity contribution in [3.05, 3.63) is 59.2 Å². The van der Waals surface area contributed by atoms with Gasteiger partial charge in [0.25, 0.3) is 5.91 Å². The Balaban J connectivity index is 2.17. The maximum atomic E-state index is 12.5. The molecule has 0 aliphatic carbocycles. The second-order valence-corrected chi connectivity index (χ2v) is 5.78. The number of carbonyl (C=O) groups is 2. The highest BCUT2D eigenvalue weighted by Gasteiger charge is 2.15. The number of ether oxygens (including phenoxy) is 1. The van der Waals surface area contributed by atoms with Gasteiger partial charge in [-0.15, -0.1) is 0 Å². The van der Waals surface area contributed by atoms with Gasteiger partial charge in [-0.05, 0) is 55.7 Å². The number of unbranched alkanes of at least 4 members (excludes halogenated alkanes) is 1. The highest BCUT2D eigenvalue weighted by atomic mass is 16.5. The smallest absolute Gasteiger partial charge is 0.340 e. The van der Waals surface area contributed by atoms with Crippen molar-refractivity contribution in [2.75, 3.05) is 17.7 Å². The number of hydrogen-bond donors (Lipinski definition) is 2. The van der Waals surface area contributed by atoms with Crippen LogP contribution in [0.5, 0.6) is 0 Å². The van der Waals surface area contributed by atoms with Gasteiger partial charge in [-0.1, -0.05) is 25.5 Å². The first-order chi connectivity index (χ1) is 12.0. The Morgan fingerprint density at radius 1 is 1.08 bits per heavy atom. The Hall–Kier alpha value is -2.82. The van der Waals surface area contributed by atoms with Crippen molar-refractivity contribution in [3.8, 4) is 0 Å². The monoisotopic (exact) mass is 340 g/mol. The number of carbonyl (C=O) groups excluding carboxylic acids is 2. The largest absolute Gasteiger partial charge is 0.462 e. The summed E-state index contributed by atoms with van der Waals surface area (Å²) in [5, 5.41) is 2.75. The fourth-order valence-electron chi connectivity index (χ4n) is 2.45. The van der Waals surface area contributed by atoms with E-state index in [1.54, 1.807) is 37.3 Å². The third kappa shape index (κ3) is 5.08. The molecule has 0 radical (unpaired) electrons. The van der Waals surface area contributed by atoms with Gasteiger partial charge in [0.15, 0.2) is 0 Å². The fraction of sp³-hybridized carbons (Fsp3) is 0.300. The van der Waals surface area contributed by atoms with Crippen LogP contribution in [0.25, 0.3) is 0 Å². The number of hydrogen-bond acceptors (Lipinski definition) is 4. The van der Waals surface area contributed by atoms with E-state index in [-0.39, 0.29) is 18.1 Å². The molecule has 132 valence electrons. The predicted octanol–water partition coefficient (Wildman–Crippen LogP) is 4.04. The van der Waals surface area contributed by atoms with E-state index in [2.05, 4.69) is 12.2 Å². The van der Waals surface area contributed by atoms with E-state index < -0.39 is 5.97 Å². The number of nitrogen functional groups attached to an aromatic ring is 1. The standard InChI is InChI=1S/C20H24N2O3/c1-3-5-6-14-7-9-15(10-8-14)19(23)22-18-13-16(21)11-12-17(18)20(24)25-4-2/h7-13H,3-6,21H2,1-2H3,(H,22,23). The van der Waals surface area contributed by atoms with Gasteiger partial charge in [-0.25, -0.2) is 4.79 Å². The normalized spacial score (nSPS) is 10.3. The predicted molar refractivity (Wildman–Crippen MR) is 99.8 cm³/mol. The van der Waals surface area contributed by atoms with Crippen molar-refractivity contribution >= 4 is 23.3 Å². The number of nitrogens with one attached hydrogen (secondary N) is 1. The Labute approximate surface area is 148 Å². The molecule has 0 spiro atoms. The van der Waals surface area contributed by atoms with Crippen molar-refractivity contribution in [1.82, 2.24) is 0 Å². The molecule has 0 aliphatic heterocycles. The lowest BCUT2D eigenvalue weighted by Gasteiger charge is -2.11. The van der Waals surface area contributed by atoms with Gasteiger partial charge < -0.3 is 15.8 Å². The summed E-state index contributed by atoms with van der Waals surface area (Å²) >= 11 is 0. The molecule has 25 heavy (non-hydrogen) atoms. The highest BCUT2D eigenvalue weighted by Crippen LogP contribution is 2.21. The summed E-state index contributed by atoms with van der Waals surface area (Å²) in [6.07, 6.45) is 3.26. The third-order valence-corrected chi connectivity index (χ3v) is 3.82. The van der Waals surface area contributed by atoms with Gasteiger partial charge >= 0.3 is 5.97 Å². The first-order valence-corrected chi connectivity index (χ1v) is 8.52. The van der Waals surface area contributed by atoms with E-state index in [0.29, 0.717) is 16.9 Å². The molecule has 0 saturated carbocycles. The molecular weight excluding hydrogens is 316 g/mol. The minimum Gasteiger partial charge on any atom is -0.462 e. The molecule has 0 heterocycles.